The molecule has 0 heterocycles. The average molecular weight is 285 g/mol. The average Bonchev–Trinajstić information content (AvgIpc) is 2.10. The van der Waals surface area contributed by atoms with E-state index in [-0.39, 0.29) is 5.75 Å². The number of benzene rings is 1. The first-order chi connectivity index (χ1) is 8.50. The van der Waals surface area contributed by atoms with E-state index in [4.69, 9.17) is 9.88 Å². The first-order valence-corrected chi connectivity index (χ1v) is 7.93. The van der Waals surface area contributed by atoms with Crippen molar-refractivity contribution in [1.82, 2.24) is 0 Å². The van der Waals surface area contributed by atoms with Crippen LogP contribution in [0.3, 0.4) is 0 Å². The molecule has 0 unspecified atom stereocenters. The molecule has 5 heteroatoms. The maximum Gasteiger partial charge on any atom is 0.209 e. The summed E-state index contributed by atoms with van der Waals surface area (Å²) < 4.78 is 28.1. The molecular weight excluding hydrogens is 262 g/mol. The van der Waals surface area contributed by atoms with Crippen LogP contribution >= 0.6 is 0 Å². The van der Waals surface area contributed by atoms with Crippen LogP contribution in [-0.2, 0) is 10.0 Å². The topological polar surface area (TPSA) is 69.4 Å². The van der Waals surface area contributed by atoms with Crippen LogP contribution in [0.5, 0.6) is 5.75 Å². The summed E-state index contributed by atoms with van der Waals surface area (Å²) in [7, 11) is -3.49. The lowest BCUT2D eigenvalue weighted by Gasteiger charge is -2.24. The van der Waals surface area contributed by atoms with Crippen molar-refractivity contribution in [3.8, 4) is 5.75 Å². The van der Waals surface area contributed by atoms with Crippen molar-refractivity contribution in [1.29, 1.82) is 0 Å². The minimum Gasteiger partial charge on any atom is -0.492 e. The summed E-state index contributed by atoms with van der Waals surface area (Å²) >= 11 is 0. The first-order valence-electron chi connectivity index (χ1n) is 6.21. The Morgan fingerprint density at radius 3 is 2.05 bits per heavy atom. The number of rotatable bonds is 5. The van der Waals surface area contributed by atoms with E-state index in [1.807, 2.05) is 34.6 Å². The Morgan fingerprint density at radius 1 is 1.16 bits per heavy atom. The van der Waals surface area contributed by atoms with Crippen LogP contribution in [0, 0.1) is 26.2 Å². The molecule has 0 aliphatic carbocycles. The van der Waals surface area contributed by atoms with Gasteiger partial charge in [-0.3, -0.25) is 0 Å². The highest BCUT2D eigenvalue weighted by Gasteiger charge is 2.25. The molecule has 0 amide bonds. The highest BCUT2D eigenvalue weighted by atomic mass is 32.2. The summed E-state index contributed by atoms with van der Waals surface area (Å²) in [6, 6.07) is 4.10. The number of nitrogens with two attached hydrogens (primary N) is 1. The molecule has 0 fully saturated rings. The molecule has 0 spiro atoms. The maximum atomic E-state index is 11.2. The van der Waals surface area contributed by atoms with Crippen molar-refractivity contribution < 1.29 is 13.2 Å². The van der Waals surface area contributed by atoms with E-state index in [1.165, 1.54) is 5.56 Å². The second-order valence-corrected chi connectivity index (χ2v) is 7.60. The zero-order valence-corrected chi connectivity index (χ0v) is 13.1. The normalized spacial score (nSPS) is 12.5. The monoisotopic (exact) mass is 285 g/mol. The van der Waals surface area contributed by atoms with Gasteiger partial charge in [-0.2, -0.15) is 0 Å². The molecule has 0 saturated carbocycles. The van der Waals surface area contributed by atoms with E-state index >= 15 is 0 Å². The standard InChI is InChI=1S/C14H23NO3S/c1-10-6-11(2)13(12(3)7-10)18-8-14(4,5)9-19(15,16)17/h6-7H,8-9H2,1-5H3,(H2,15,16,17). The summed E-state index contributed by atoms with van der Waals surface area (Å²) in [5, 5.41) is 5.09. The van der Waals surface area contributed by atoms with Crippen molar-refractivity contribution in [2.45, 2.75) is 34.6 Å². The Balaban J connectivity index is 2.83. The Bertz CT molecular complexity index is 539. The molecule has 4 nitrogen and oxygen atoms in total. The van der Waals surface area contributed by atoms with E-state index in [9.17, 15) is 8.42 Å². The van der Waals surface area contributed by atoms with Gasteiger partial charge in [0.25, 0.3) is 0 Å². The van der Waals surface area contributed by atoms with Gasteiger partial charge in [-0.05, 0) is 31.9 Å². The lowest BCUT2D eigenvalue weighted by atomic mass is 9.98. The Morgan fingerprint density at radius 2 is 1.63 bits per heavy atom. The quantitative estimate of drug-likeness (QED) is 0.902. The van der Waals surface area contributed by atoms with Crippen LogP contribution in [0.2, 0.25) is 0 Å². The van der Waals surface area contributed by atoms with Crippen molar-refractivity contribution in [2.75, 3.05) is 12.4 Å². The summed E-state index contributed by atoms with van der Waals surface area (Å²) in [5.41, 5.74) is 2.79. The summed E-state index contributed by atoms with van der Waals surface area (Å²) in [5.74, 6) is 0.734. The van der Waals surface area contributed by atoms with Crippen molar-refractivity contribution in [3.05, 3.63) is 28.8 Å². The number of hydrogen-bond donors (Lipinski definition) is 1. The first kappa shape index (κ1) is 16.0. The van der Waals surface area contributed by atoms with Gasteiger partial charge in [-0.15, -0.1) is 0 Å². The van der Waals surface area contributed by atoms with Gasteiger partial charge in [0.1, 0.15) is 5.75 Å². The van der Waals surface area contributed by atoms with E-state index < -0.39 is 15.4 Å². The van der Waals surface area contributed by atoms with Crippen molar-refractivity contribution >= 4 is 10.0 Å². The summed E-state index contributed by atoms with van der Waals surface area (Å²) in [6.07, 6.45) is 0. The van der Waals surface area contributed by atoms with Gasteiger partial charge in [-0.1, -0.05) is 31.5 Å². The predicted molar refractivity (Wildman–Crippen MR) is 77.9 cm³/mol. The number of aryl methyl sites for hydroxylation is 3. The Kier molecular flexibility index (Phi) is 4.63. The van der Waals surface area contributed by atoms with Gasteiger partial charge in [0.2, 0.25) is 10.0 Å². The molecule has 0 atom stereocenters. The zero-order valence-electron chi connectivity index (χ0n) is 12.3. The largest absolute Gasteiger partial charge is 0.492 e. The molecule has 1 aromatic rings. The summed E-state index contributed by atoms with van der Waals surface area (Å²) in [4.78, 5) is 0. The number of primary sulfonamides is 1. The molecule has 0 bridgehead atoms. The van der Waals surface area contributed by atoms with Crippen molar-refractivity contribution in [2.24, 2.45) is 10.6 Å². The van der Waals surface area contributed by atoms with E-state index in [0.29, 0.717) is 6.61 Å². The third-order valence-corrected chi connectivity index (χ3v) is 3.99. The maximum absolute atomic E-state index is 11.2. The highest BCUT2D eigenvalue weighted by Crippen LogP contribution is 2.27. The van der Waals surface area contributed by atoms with Crippen LogP contribution in [0.25, 0.3) is 0 Å². The number of hydrogen-bond acceptors (Lipinski definition) is 3. The van der Waals surface area contributed by atoms with E-state index in [1.54, 1.807) is 0 Å². The Hall–Kier alpha value is -1.07. The Labute approximate surface area is 116 Å². The number of ether oxygens (including phenoxy) is 1. The van der Waals surface area contributed by atoms with Crippen molar-refractivity contribution in [3.63, 3.8) is 0 Å². The van der Waals surface area contributed by atoms with Gasteiger partial charge >= 0.3 is 0 Å². The second kappa shape index (κ2) is 5.51. The molecular formula is C14H23NO3S. The molecule has 0 aliphatic rings. The molecule has 19 heavy (non-hydrogen) atoms. The van der Waals surface area contributed by atoms with Crippen LogP contribution in [0.1, 0.15) is 30.5 Å². The van der Waals surface area contributed by atoms with Gasteiger partial charge in [0.05, 0.1) is 12.4 Å². The third kappa shape index (κ3) is 5.20. The van der Waals surface area contributed by atoms with Crippen LogP contribution in [0.4, 0.5) is 0 Å². The molecule has 0 aliphatic heterocycles. The lowest BCUT2D eigenvalue weighted by molar-refractivity contribution is 0.198. The van der Waals surface area contributed by atoms with Crippen LogP contribution in [-0.4, -0.2) is 20.8 Å². The fourth-order valence-electron chi connectivity index (χ4n) is 2.25. The van der Waals surface area contributed by atoms with Gasteiger partial charge in [0.15, 0.2) is 0 Å². The highest BCUT2D eigenvalue weighted by molar-refractivity contribution is 7.89. The predicted octanol–water partition coefficient (Wildman–Crippen LogP) is 2.31. The molecule has 0 radical (unpaired) electrons. The van der Waals surface area contributed by atoms with Gasteiger partial charge in [-0.25, -0.2) is 13.6 Å². The molecule has 1 rings (SSSR count). The van der Waals surface area contributed by atoms with Gasteiger partial charge < -0.3 is 4.74 Å². The fraction of sp³-hybridized carbons (Fsp3) is 0.571. The van der Waals surface area contributed by atoms with E-state index in [0.717, 1.165) is 16.9 Å². The third-order valence-electron chi connectivity index (χ3n) is 2.80. The lowest BCUT2D eigenvalue weighted by Crippen LogP contribution is -2.33. The minimum absolute atomic E-state index is 0.0933. The molecule has 0 aromatic heterocycles. The second-order valence-electron chi connectivity index (χ2n) is 5.99. The molecule has 2 N–H and O–H groups in total. The van der Waals surface area contributed by atoms with E-state index in [2.05, 4.69) is 12.1 Å². The van der Waals surface area contributed by atoms with Crippen LogP contribution in [0.15, 0.2) is 12.1 Å². The molecule has 1 aromatic carbocycles. The number of sulfonamides is 1. The summed E-state index contributed by atoms with van der Waals surface area (Å²) in [6.45, 7) is 9.99. The van der Waals surface area contributed by atoms with Crippen LogP contribution < -0.4 is 9.88 Å². The molecule has 108 valence electrons. The zero-order chi connectivity index (χ0) is 14.8. The smallest absolute Gasteiger partial charge is 0.209 e. The molecule has 0 saturated heterocycles. The van der Waals surface area contributed by atoms with Gasteiger partial charge in [0, 0.05) is 5.41 Å². The SMILES string of the molecule is Cc1cc(C)c(OCC(C)(C)CS(N)(=O)=O)c(C)c1. The minimum atomic E-state index is -3.49. The fourth-order valence-corrected chi connectivity index (χ4v) is 3.42.